The van der Waals surface area contributed by atoms with E-state index in [2.05, 4.69) is 25.5 Å². The van der Waals surface area contributed by atoms with Gasteiger partial charge in [-0.2, -0.15) is 0 Å². The van der Waals surface area contributed by atoms with Gasteiger partial charge in [-0.05, 0) is 67.1 Å². The fourth-order valence-corrected chi connectivity index (χ4v) is 4.42. The van der Waals surface area contributed by atoms with Crippen LogP contribution in [0.4, 0.5) is 0 Å². The van der Waals surface area contributed by atoms with Gasteiger partial charge in [-0.25, -0.2) is 9.97 Å². The molecule has 3 heterocycles. The zero-order valence-corrected chi connectivity index (χ0v) is 16.7. The highest BCUT2D eigenvalue weighted by Crippen LogP contribution is 2.36. The summed E-state index contributed by atoms with van der Waals surface area (Å²) in [4.78, 5) is 8.46. The summed E-state index contributed by atoms with van der Waals surface area (Å²) in [5.74, 6) is 2.77. The standard InChI is InChI=1S/C22H23N5O3/c1-29-20-9-14(4-5-24-20)13-2-3-18(19(28)8-13)22-25-12-21(26-27-22)30-17-6-15-10-23-11-16(15)7-17/h2-5,8-9,12,15-17,23,28H,6-7,10-11H2,1H3/t15-,16+,17+. The number of benzene rings is 1. The van der Waals surface area contributed by atoms with Crippen molar-refractivity contribution < 1.29 is 14.6 Å². The van der Waals surface area contributed by atoms with E-state index in [-0.39, 0.29) is 11.9 Å². The van der Waals surface area contributed by atoms with E-state index in [1.165, 1.54) is 0 Å². The highest BCUT2D eigenvalue weighted by atomic mass is 16.5. The van der Waals surface area contributed by atoms with Gasteiger partial charge in [0.05, 0.1) is 18.9 Å². The highest BCUT2D eigenvalue weighted by Gasteiger charge is 2.38. The number of aromatic nitrogens is 4. The molecule has 8 heteroatoms. The van der Waals surface area contributed by atoms with Crippen molar-refractivity contribution in [1.29, 1.82) is 0 Å². The number of hydrogen-bond donors (Lipinski definition) is 2. The number of pyridine rings is 1. The van der Waals surface area contributed by atoms with Gasteiger partial charge >= 0.3 is 0 Å². The van der Waals surface area contributed by atoms with Gasteiger partial charge in [0.15, 0.2) is 5.82 Å². The van der Waals surface area contributed by atoms with Crippen LogP contribution in [0.1, 0.15) is 12.8 Å². The van der Waals surface area contributed by atoms with Crippen LogP contribution >= 0.6 is 0 Å². The molecule has 1 aliphatic carbocycles. The van der Waals surface area contributed by atoms with E-state index in [1.807, 2.05) is 18.2 Å². The Balaban J connectivity index is 1.30. The topological polar surface area (TPSA) is 102 Å². The Kier molecular flexibility index (Phi) is 4.92. The first-order valence-electron chi connectivity index (χ1n) is 10.1. The van der Waals surface area contributed by atoms with Crippen molar-refractivity contribution in [3.63, 3.8) is 0 Å². The van der Waals surface area contributed by atoms with Crippen LogP contribution < -0.4 is 14.8 Å². The maximum Gasteiger partial charge on any atom is 0.252 e. The maximum atomic E-state index is 10.5. The minimum atomic E-state index is 0.0786. The number of rotatable bonds is 5. The summed E-state index contributed by atoms with van der Waals surface area (Å²) >= 11 is 0. The van der Waals surface area contributed by atoms with Gasteiger partial charge in [-0.3, -0.25) is 0 Å². The third kappa shape index (κ3) is 3.66. The Morgan fingerprint density at radius 1 is 0.967 bits per heavy atom. The molecule has 2 aromatic heterocycles. The molecule has 1 aromatic carbocycles. The van der Waals surface area contributed by atoms with E-state index in [1.54, 1.807) is 31.6 Å². The van der Waals surface area contributed by atoms with Crippen LogP contribution in [0.15, 0.2) is 42.7 Å². The van der Waals surface area contributed by atoms with Crippen LogP contribution in [0, 0.1) is 11.8 Å². The first-order chi connectivity index (χ1) is 14.7. The third-order valence-electron chi connectivity index (χ3n) is 5.95. The molecule has 30 heavy (non-hydrogen) atoms. The number of aromatic hydroxyl groups is 1. The largest absolute Gasteiger partial charge is 0.507 e. The molecule has 0 spiro atoms. The third-order valence-corrected chi connectivity index (χ3v) is 5.95. The molecule has 8 nitrogen and oxygen atoms in total. The molecule has 1 saturated carbocycles. The molecule has 3 atom stereocenters. The fraction of sp³-hybridized carbons (Fsp3) is 0.364. The Hall–Kier alpha value is -3.26. The predicted octanol–water partition coefficient (Wildman–Crippen LogP) is 2.69. The van der Waals surface area contributed by atoms with Crippen molar-refractivity contribution in [1.82, 2.24) is 25.5 Å². The van der Waals surface area contributed by atoms with Crippen LogP contribution in [0.25, 0.3) is 22.5 Å². The Bertz CT molecular complexity index is 1030. The quantitative estimate of drug-likeness (QED) is 0.668. The van der Waals surface area contributed by atoms with Gasteiger partial charge in [0.2, 0.25) is 5.88 Å². The van der Waals surface area contributed by atoms with Gasteiger partial charge in [-0.1, -0.05) is 6.07 Å². The molecule has 0 amide bonds. The molecular formula is C22H23N5O3. The Labute approximate surface area is 174 Å². The molecule has 2 fully saturated rings. The SMILES string of the molecule is COc1cc(-c2ccc(-c3ncc(O[C@@H]4C[C@H]5CNC[C@H]5C4)nn3)c(O)c2)ccn1. The zero-order chi connectivity index (χ0) is 20.5. The summed E-state index contributed by atoms with van der Waals surface area (Å²) < 4.78 is 11.2. The van der Waals surface area contributed by atoms with Gasteiger partial charge in [0.1, 0.15) is 11.9 Å². The Morgan fingerprint density at radius 2 is 1.77 bits per heavy atom. The summed E-state index contributed by atoms with van der Waals surface area (Å²) in [5.41, 5.74) is 2.24. The monoisotopic (exact) mass is 405 g/mol. The van der Waals surface area contributed by atoms with Crippen molar-refractivity contribution >= 4 is 0 Å². The molecule has 154 valence electrons. The van der Waals surface area contributed by atoms with Crippen LogP contribution in [0.2, 0.25) is 0 Å². The molecule has 1 saturated heterocycles. The van der Waals surface area contributed by atoms with E-state index in [4.69, 9.17) is 9.47 Å². The molecule has 2 N–H and O–H groups in total. The summed E-state index contributed by atoms with van der Waals surface area (Å²) in [6, 6.07) is 9.01. The van der Waals surface area contributed by atoms with Gasteiger partial charge in [-0.15, -0.1) is 10.2 Å². The average molecular weight is 405 g/mol. The summed E-state index contributed by atoms with van der Waals surface area (Å²) in [6.07, 6.45) is 5.51. The molecule has 0 radical (unpaired) electrons. The summed E-state index contributed by atoms with van der Waals surface area (Å²) in [7, 11) is 1.57. The zero-order valence-electron chi connectivity index (χ0n) is 16.7. The van der Waals surface area contributed by atoms with E-state index >= 15 is 0 Å². The summed E-state index contributed by atoms with van der Waals surface area (Å²) in [6.45, 7) is 2.16. The van der Waals surface area contributed by atoms with E-state index in [0.717, 1.165) is 37.1 Å². The number of hydrogen-bond acceptors (Lipinski definition) is 8. The van der Waals surface area contributed by atoms with E-state index in [9.17, 15) is 5.11 Å². The molecule has 1 aliphatic heterocycles. The van der Waals surface area contributed by atoms with Crippen molar-refractivity contribution in [2.45, 2.75) is 18.9 Å². The smallest absolute Gasteiger partial charge is 0.252 e. The number of nitrogens with one attached hydrogen (secondary N) is 1. The predicted molar refractivity (Wildman–Crippen MR) is 110 cm³/mol. The van der Waals surface area contributed by atoms with Crippen LogP contribution in [-0.2, 0) is 0 Å². The number of nitrogens with zero attached hydrogens (tertiary/aromatic N) is 4. The number of fused-ring (bicyclic) bond motifs is 1. The van der Waals surface area contributed by atoms with Gasteiger partial charge in [0.25, 0.3) is 5.88 Å². The highest BCUT2D eigenvalue weighted by molar-refractivity contribution is 5.73. The first-order valence-corrected chi connectivity index (χ1v) is 10.1. The molecular weight excluding hydrogens is 382 g/mol. The Morgan fingerprint density at radius 3 is 2.47 bits per heavy atom. The van der Waals surface area contributed by atoms with Crippen LogP contribution in [0.3, 0.4) is 0 Å². The minimum Gasteiger partial charge on any atom is -0.507 e. The average Bonchev–Trinajstić information content (AvgIpc) is 3.36. The second-order valence-electron chi connectivity index (χ2n) is 7.83. The molecule has 3 aromatic rings. The van der Waals surface area contributed by atoms with Gasteiger partial charge < -0.3 is 19.9 Å². The first kappa shape index (κ1) is 18.7. The van der Waals surface area contributed by atoms with Gasteiger partial charge in [0, 0.05) is 12.3 Å². The molecule has 5 rings (SSSR count). The van der Waals surface area contributed by atoms with Crippen molar-refractivity contribution in [2.75, 3.05) is 20.2 Å². The lowest BCUT2D eigenvalue weighted by atomic mass is 10.0. The van der Waals surface area contributed by atoms with Crippen molar-refractivity contribution in [3.05, 3.63) is 42.7 Å². The lowest BCUT2D eigenvalue weighted by molar-refractivity contribution is 0.188. The normalized spacial score (nSPS) is 22.6. The van der Waals surface area contributed by atoms with Crippen molar-refractivity contribution in [2.24, 2.45) is 11.8 Å². The second kappa shape index (κ2) is 7.87. The minimum absolute atomic E-state index is 0.0786. The van der Waals surface area contributed by atoms with Crippen LogP contribution in [-0.4, -0.2) is 51.6 Å². The van der Waals surface area contributed by atoms with E-state index in [0.29, 0.717) is 35.0 Å². The number of phenolic OH excluding ortho intramolecular Hbond substituents is 1. The summed E-state index contributed by atoms with van der Waals surface area (Å²) in [5, 5.41) is 22.3. The lowest BCUT2D eigenvalue weighted by Crippen LogP contribution is -2.19. The maximum absolute atomic E-state index is 10.5. The molecule has 0 unspecified atom stereocenters. The van der Waals surface area contributed by atoms with E-state index < -0.39 is 0 Å². The molecule has 2 aliphatic rings. The second-order valence-corrected chi connectivity index (χ2v) is 7.83. The molecule has 0 bridgehead atoms. The fourth-order valence-electron chi connectivity index (χ4n) is 4.42. The van der Waals surface area contributed by atoms with Crippen molar-refractivity contribution in [3.8, 4) is 40.0 Å². The number of phenols is 1. The van der Waals surface area contributed by atoms with Crippen LogP contribution in [0.5, 0.6) is 17.5 Å². The number of ether oxygens (including phenoxy) is 2. The number of methoxy groups -OCH3 is 1. The lowest BCUT2D eigenvalue weighted by Gasteiger charge is -2.13.